The molecule has 1 fully saturated rings. The van der Waals surface area contributed by atoms with Gasteiger partial charge in [-0.05, 0) is 12.8 Å². The topological polar surface area (TPSA) is 91.8 Å². The first-order valence-electron chi connectivity index (χ1n) is 4.99. The van der Waals surface area contributed by atoms with Crippen molar-refractivity contribution in [1.29, 1.82) is 0 Å². The van der Waals surface area contributed by atoms with Gasteiger partial charge in [0.05, 0.1) is 11.5 Å². The minimum absolute atomic E-state index is 0.0182. The van der Waals surface area contributed by atoms with Crippen molar-refractivity contribution >= 4 is 21.7 Å². The van der Waals surface area contributed by atoms with E-state index in [9.17, 15) is 18.0 Å². The molecule has 1 amide bonds. The van der Waals surface area contributed by atoms with Crippen LogP contribution < -0.4 is 0 Å². The Balaban J connectivity index is 2.53. The van der Waals surface area contributed by atoms with Crippen LogP contribution in [0.1, 0.15) is 12.8 Å². The van der Waals surface area contributed by atoms with Gasteiger partial charge in [0, 0.05) is 13.0 Å². The lowest BCUT2D eigenvalue weighted by molar-refractivity contribution is -0.145. The number of aliphatic carboxylic acids is 1. The molecule has 0 aromatic carbocycles. The zero-order chi connectivity index (χ0) is 12.3. The number of hydrogen-bond donors (Lipinski definition) is 1. The molecule has 0 unspecified atom stereocenters. The molecule has 1 aliphatic heterocycles. The van der Waals surface area contributed by atoms with Crippen LogP contribution in [-0.4, -0.2) is 55.4 Å². The molecule has 1 N–H and O–H groups in total. The normalized spacial score (nSPS) is 20.3. The number of carbonyl (C=O) groups excluding carboxylic acids is 1. The Morgan fingerprint density at radius 2 is 1.81 bits per heavy atom. The Labute approximate surface area is 94.2 Å². The Morgan fingerprint density at radius 3 is 2.25 bits per heavy atom. The molecule has 7 heteroatoms. The molecular weight excluding hydrogens is 234 g/mol. The third-order valence-electron chi connectivity index (χ3n) is 2.65. The number of rotatable bonds is 3. The minimum Gasteiger partial charge on any atom is -0.480 e. The van der Waals surface area contributed by atoms with Crippen LogP contribution in [0, 0.1) is 5.92 Å². The van der Waals surface area contributed by atoms with Gasteiger partial charge in [0.2, 0.25) is 5.91 Å². The summed E-state index contributed by atoms with van der Waals surface area (Å²) in [5.74, 6) is -1.67. The second kappa shape index (κ2) is 4.82. The Morgan fingerprint density at radius 1 is 1.31 bits per heavy atom. The Kier molecular flexibility index (Phi) is 3.90. The third kappa shape index (κ3) is 3.48. The molecule has 0 aromatic rings. The number of carboxylic acid groups (broad SMARTS) is 1. The molecule has 0 aromatic heterocycles. The van der Waals surface area contributed by atoms with E-state index in [0.717, 1.165) is 4.90 Å². The zero-order valence-corrected chi connectivity index (χ0v) is 9.87. The van der Waals surface area contributed by atoms with Crippen molar-refractivity contribution in [3.63, 3.8) is 0 Å². The van der Waals surface area contributed by atoms with Crippen LogP contribution in [0.3, 0.4) is 0 Å². The van der Waals surface area contributed by atoms with Crippen LogP contribution in [0.4, 0.5) is 0 Å². The highest BCUT2D eigenvalue weighted by Crippen LogP contribution is 2.20. The highest BCUT2D eigenvalue weighted by Gasteiger charge is 2.30. The lowest BCUT2D eigenvalue weighted by atomic mass is 10.0. The molecule has 92 valence electrons. The highest BCUT2D eigenvalue weighted by atomic mass is 32.2. The van der Waals surface area contributed by atoms with Crippen LogP contribution in [0.25, 0.3) is 0 Å². The lowest BCUT2D eigenvalue weighted by Crippen LogP contribution is -2.39. The van der Waals surface area contributed by atoms with Crippen molar-refractivity contribution in [3.05, 3.63) is 0 Å². The van der Waals surface area contributed by atoms with Crippen LogP contribution in [0.15, 0.2) is 0 Å². The molecule has 0 aliphatic carbocycles. The maximum absolute atomic E-state index is 11.7. The number of likely N-dealkylation sites (N-methyl/N-ethyl adjacent to an activating group) is 1. The first-order chi connectivity index (χ1) is 7.32. The van der Waals surface area contributed by atoms with E-state index >= 15 is 0 Å². The average molecular weight is 249 g/mol. The van der Waals surface area contributed by atoms with E-state index in [0.29, 0.717) is 12.8 Å². The van der Waals surface area contributed by atoms with Gasteiger partial charge in [-0.2, -0.15) is 0 Å². The second-order valence-electron chi connectivity index (χ2n) is 4.01. The number of hydrogen-bond acceptors (Lipinski definition) is 4. The largest absolute Gasteiger partial charge is 0.480 e. The molecule has 16 heavy (non-hydrogen) atoms. The fourth-order valence-corrected chi connectivity index (χ4v) is 3.22. The number of carboxylic acids is 1. The molecule has 1 heterocycles. The number of amides is 1. The molecule has 6 nitrogen and oxygen atoms in total. The fraction of sp³-hybridized carbons (Fsp3) is 0.778. The fourth-order valence-electron chi connectivity index (χ4n) is 1.73. The summed E-state index contributed by atoms with van der Waals surface area (Å²) in [5.41, 5.74) is 0. The van der Waals surface area contributed by atoms with Gasteiger partial charge in [-0.15, -0.1) is 0 Å². The highest BCUT2D eigenvalue weighted by molar-refractivity contribution is 7.91. The summed E-state index contributed by atoms with van der Waals surface area (Å²) in [6.45, 7) is -0.345. The molecule has 1 saturated heterocycles. The average Bonchev–Trinajstić information content (AvgIpc) is 2.15. The maximum Gasteiger partial charge on any atom is 0.323 e. The molecular formula is C9H15NO5S. The summed E-state index contributed by atoms with van der Waals surface area (Å²) in [5, 5.41) is 8.52. The van der Waals surface area contributed by atoms with Gasteiger partial charge in [0.25, 0.3) is 0 Å². The van der Waals surface area contributed by atoms with Crippen molar-refractivity contribution in [2.24, 2.45) is 5.92 Å². The van der Waals surface area contributed by atoms with Gasteiger partial charge in [0.15, 0.2) is 0 Å². The smallest absolute Gasteiger partial charge is 0.323 e. The molecule has 0 spiro atoms. The lowest BCUT2D eigenvalue weighted by Gasteiger charge is -2.25. The van der Waals surface area contributed by atoms with Crippen molar-refractivity contribution < 1.29 is 23.1 Å². The predicted molar refractivity (Wildman–Crippen MR) is 56.7 cm³/mol. The molecule has 1 aliphatic rings. The summed E-state index contributed by atoms with van der Waals surface area (Å²) >= 11 is 0. The van der Waals surface area contributed by atoms with Crippen LogP contribution >= 0.6 is 0 Å². The molecule has 1 rings (SSSR count). The summed E-state index contributed by atoms with van der Waals surface area (Å²) in [4.78, 5) is 23.3. The molecule has 0 saturated carbocycles. The van der Waals surface area contributed by atoms with Gasteiger partial charge in [-0.3, -0.25) is 9.59 Å². The predicted octanol–water partition coefficient (Wildman–Crippen LogP) is -0.646. The molecule has 0 atom stereocenters. The van der Waals surface area contributed by atoms with Crippen molar-refractivity contribution in [1.82, 2.24) is 4.90 Å². The summed E-state index contributed by atoms with van der Waals surface area (Å²) in [6.07, 6.45) is 0.594. The minimum atomic E-state index is -2.99. The van der Waals surface area contributed by atoms with Crippen molar-refractivity contribution in [2.45, 2.75) is 12.8 Å². The van der Waals surface area contributed by atoms with E-state index in [1.165, 1.54) is 7.05 Å². The van der Waals surface area contributed by atoms with E-state index in [2.05, 4.69) is 0 Å². The summed E-state index contributed by atoms with van der Waals surface area (Å²) in [7, 11) is -1.57. The summed E-state index contributed by atoms with van der Waals surface area (Å²) in [6, 6.07) is 0. The standard InChI is InChI=1S/C9H15NO5S/c1-10(6-8(11)12)9(13)7-2-4-16(14,15)5-3-7/h7H,2-6H2,1H3,(H,11,12). The third-order valence-corrected chi connectivity index (χ3v) is 4.37. The van der Waals surface area contributed by atoms with Crippen molar-refractivity contribution in [2.75, 3.05) is 25.1 Å². The van der Waals surface area contributed by atoms with E-state index < -0.39 is 15.8 Å². The van der Waals surface area contributed by atoms with E-state index in [-0.39, 0.29) is 29.9 Å². The van der Waals surface area contributed by atoms with Crippen LogP contribution in [-0.2, 0) is 19.4 Å². The maximum atomic E-state index is 11.7. The van der Waals surface area contributed by atoms with Gasteiger partial charge >= 0.3 is 5.97 Å². The monoisotopic (exact) mass is 249 g/mol. The Hall–Kier alpha value is -1.11. The summed E-state index contributed by atoms with van der Waals surface area (Å²) < 4.78 is 22.3. The van der Waals surface area contributed by atoms with E-state index in [1.807, 2.05) is 0 Å². The van der Waals surface area contributed by atoms with Crippen LogP contribution in [0.2, 0.25) is 0 Å². The van der Waals surface area contributed by atoms with Crippen LogP contribution in [0.5, 0.6) is 0 Å². The van der Waals surface area contributed by atoms with E-state index in [4.69, 9.17) is 5.11 Å². The first-order valence-corrected chi connectivity index (χ1v) is 6.81. The SMILES string of the molecule is CN(CC(=O)O)C(=O)C1CCS(=O)(=O)CC1. The first kappa shape index (κ1) is 13.0. The number of carbonyl (C=O) groups is 2. The quantitative estimate of drug-likeness (QED) is 0.718. The molecule has 0 radical (unpaired) electrons. The van der Waals surface area contributed by atoms with Gasteiger partial charge in [-0.25, -0.2) is 8.42 Å². The second-order valence-corrected chi connectivity index (χ2v) is 6.32. The zero-order valence-electron chi connectivity index (χ0n) is 9.05. The van der Waals surface area contributed by atoms with E-state index in [1.54, 1.807) is 0 Å². The van der Waals surface area contributed by atoms with Gasteiger partial charge < -0.3 is 10.0 Å². The van der Waals surface area contributed by atoms with Gasteiger partial charge in [-0.1, -0.05) is 0 Å². The van der Waals surface area contributed by atoms with Crippen molar-refractivity contribution in [3.8, 4) is 0 Å². The number of sulfone groups is 1. The molecule has 0 bridgehead atoms. The van der Waals surface area contributed by atoms with Gasteiger partial charge in [0.1, 0.15) is 16.4 Å². The number of nitrogens with zero attached hydrogens (tertiary/aromatic N) is 1. The Bertz CT molecular complexity index is 375.